The van der Waals surface area contributed by atoms with Crippen LogP contribution in [0.1, 0.15) is 22.8 Å². The van der Waals surface area contributed by atoms with Crippen LogP contribution in [0.3, 0.4) is 0 Å². The Labute approximate surface area is 107 Å². The minimum Gasteiger partial charge on any atom is -0.467 e. The molecule has 0 bridgehead atoms. The number of carbonyl (C=O) groups excluding carboxylic acids is 1. The summed E-state index contributed by atoms with van der Waals surface area (Å²) in [6.45, 7) is 1.23. The van der Waals surface area contributed by atoms with Gasteiger partial charge in [-0.1, -0.05) is 12.1 Å². The van der Waals surface area contributed by atoms with E-state index in [9.17, 15) is 28.2 Å². The maximum Gasteiger partial charge on any atom is 0.416 e. The fraction of sp³-hybridized carbons (Fsp3) is 0.417. The molecule has 0 aromatic heterocycles. The van der Waals surface area contributed by atoms with Crippen LogP contribution < -0.4 is 0 Å². The van der Waals surface area contributed by atoms with E-state index in [2.05, 4.69) is 4.74 Å². The zero-order valence-corrected chi connectivity index (χ0v) is 10.2. The Morgan fingerprint density at radius 1 is 1.32 bits per heavy atom. The number of carbonyl (C=O) groups is 1. The smallest absolute Gasteiger partial charge is 0.416 e. The number of ether oxygens (including phenoxy) is 1. The standard InChI is InChI=1S/C12H13F3O4/c1-6-5-7(3-4-8(6)12(13,14)15)9(16)10(17)11(18)19-2/h3-5,9-10,16-17H,1-2H3. The topological polar surface area (TPSA) is 66.8 Å². The summed E-state index contributed by atoms with van der Waals surface area (Å²) in [6.07, 6.45) is -7.98. The van der Waals surface area contributed by atoms with Gasteiger partial charge in [0.1, 0.15) is 6.10 Å². The number of aryl methyl sites for hydroxylation is 1. The summed E-state index contributed by atoms with van der Waals surface area (Å²) in [4.78, 5) is 11.0. The number of benzene rings is 1. The predicted molar refractivity (Wildman–Crippen MR) is 59.2 cm³/mol. The first-order valence-corrected chi connectivity index (χ1v) is 5.30. The highest BCUT2D eigenvalue weighted by atomic mass is 19.4. The van der Waals surface area contributed by atoms with Gasteiger partial charge in [0.15, 0.2) is 6.10 Å². The third-order valence-electron chi connectivity index (χ3n) is 2.64. The van der Waals surface area contributed by atoms with E-state index in [0.29, 0.717) is 0 Å². The quantitative estimate of drug-likeness (QED) is 0.824. The highest BCUT2D eigenvalue weighted by Gasteiger charge is 2.33. The Kier molecular flexibility index (Phi) is 4.54. The summed E-state index contributed by atoms with van der Waals surface area (Å²) in [5.41, 5.74) is -0.944. The largest absolute Gasteiger partial charge is 0.467 e. The van der Waals surface area contributed by atoms with Gasteiger partial charge in [-0.25, -0.2) is 4.79 Å². The Balaban J connectivity index is 3.04. The van der Waals surface area contributed by atoms with Crippen LogP contribution in [0.15, 0.2) is 18.2 Å². The molecule has 7 heteroatoms. The van der Waals surface area contributed by atoms with Gasteiger partial charge in [0.2, 0.25) is 0 Å². The summed E-state index contributed by atoms with van der Waals surface area (Å²) in [6, 6.07) is 2.87. The summed E-state index contributed by atoms with van der Waals surface area (Å²) in [5, 5.41) is 19.1. The van der Waals surface area contributed by atoms with Crippen molar-refractivity contribution in [2.75, 3.05) is 7.11 Å². The lowest BCUT2D eigenvalue weighted by atomic mass is 9.99. The maximum atomic E-state index is 12.5. The number of rotatable bonds is 3. The van der Waals surface area contributed by atoms with Gasteiger partial charge >= 0.3 is 12.1 Å². The first-order chi connectivity index (χ1) is 8.68. The number of hydrogen-bond donors (Lipinski definition) is 2. The molecule has 19 heavy (non-hydrogen) atoms. The summed E-state index contributed by atoms with van der Waals surface area (Å²) >= 11 is 0. The number of alkyl halides is 3. The van der Waals surface area contributed by atoms with Crippen LogP contribution in [0, 0.1) is 6.92 Å². The molecule has 106 valence electrons. The molecule has 0 radical (unpaired) electrons. The van der Waals surface area contributed by atoms with Crippen LogP contribution in [-0.4, -0.2) is 29.4 Å². The molecule has 0 heterocycles. The number of aliphatic hydroxyl groups is 2. The lowest BCUT2D eigenvalue weighted by Crippen LogP contribution is -2.29. The van der Waals surface area contributed by atoms with Gasteiger partial charge in [-0.3, -0.25) is 0 Å². The summed E-state index contributed by atoms with van der Waals surface area (Å²) in [7, 11) is 1.02. The van der Waals surface area contributed by atoms with Crippen LogP contribution in [0.4, 0.5) is 13.2 Å². The fourth-order valence-electron chi connectivity index (χ4n) is 1.62. The van der Waals surface area contributed by atoms with Crippen molar-refractivity contribution < 1.29 is 32.9 Å². The lowest BCUT2D eigenvalue weighted by molar-refractivity contribution is -0.156. The number of aliphatic hydroxyl groups excluding tert-OH is 2. The van der Waals surface area contributed by atoms with Crippen molar-refractivity contribution in [2.45, 2.75) is 25.3 Å². The molecule has 2 unspecified atom stereocenters. The van der Waals surface area contributed by atoms with Crippen molar-refractivity contribution in [1.29, 1.82) is 0 Å². The van der Waals surface area contributed by atoms with Gasteiger partial charge in [-0.05, 0) is 24.1 Å². The molecule has 0 aliphatic rings. The third-order valence-corrected chi connectivity index (χ3v) is 2.64. The monoisotopic (exact) mass is 278 g/mol. The Hall–Kier alpha value is -1.60. The van der Waals surface area contributed by atoms with E-state index in [4.69, 9.17) is 0 Å². The molecule has 1 aromatic rings. The Bertz CT molecular complexity index is 471. The van der Waals surface area contributed by atoms with Crippen LogP contribution in [0.2, 0.25) is 0 Å². The number of methoxy groups -OCH3 is 1. The minimum atomic E-state index is -4.49. The second kappa shape index (κ2) is 5.58. The van der Waals surface area contributed by atoms with Gasteiger partial charge < -0.3 is 14.9 Å². The van der Waals surface area contributed by atoms with Gasteiger partial charge in [0, 0.05) is 0 Å². The van der Waals surface area contributed by atoms with E-state index < -0.39 is 29.9 Å². The van der Waals surface area contributed by atoms with E-state index >= 15 is 0 Å². The molecule has 2 atom stereocenters. The van der Waals surface area contributed by atoms with Crippen LogP contribution in [-0.2, 0) is 15.7 Å². The first kappa shape index (κ1) is 15.5. The third kappa shape index (κ3) is 3.45. The predicted octanol–water partition coefficient (Wildman–Crippen LogP) is 1.58. The molecule has 1 aromatic carbocycles. The highest BCUT2D eigenvalue weighted by molar-refractivity contribution is 5.75. The van der Waals surface area contributed by atoms with Crippen molar-refractivity contribution in [3.05, 3.63) is 34.9 Å². The molecule has 0 aliphatic carbocycles. The van der Waals surface area contributed by atoms with Gasteiger partial charge in [-0.15, -0.1) is 0 Å². The summed E-state index contributed by atoms with van der Waals surface area (Å²) in [5.74, 6) is -1.06. The SMILES string of the molecule is COC(=O)C(O)C(O)c1ccc(C(F)(F)F)c(C)c1. The van der Waals surface area contributed by atoms with E-state index in [1.165, 1.54) is 6.92 Å². The average Bonchev–Trinajstić information content (AvgIpc) is 2.34. The molecular formula is C12H13F3O4. The van der Waals surface area contributed by atoms with Crippen molar-refractivity contribution in [3.8, 4) is 0 Å². The molecule has 0 fully saturated rings. The molecule has 0 aliphatic heterocycles. The molecule has 0 saturated heterocycles. The maximum absolute atomic E-state index is 12.5. The van der Waals surface area contributed by atoms with Gasteiger partial charge in [0.05, 0.1) is 12.7 Å². The van der Waals surface area contributed by atoms with Crippen LogP contribution in [0.25, 0.3) is 0 Å². The van der Waals surface area contributed by atoms with Crippen molar-refractivity contribution in [1.82, 2.24) is 0 Å². The molecule has 1 rings (SSSR count). The average molecular weight is 278 g/mol. The Morgan fingerprint density at radius 2 is 1.89 bits per heavy atom. The summed E-state index contributed by atoms with van der Waals surface area (Å²) < 4.78 is 41.8. The van der Waals surface area contributed by atoms with E-state index in [0.717, 1.165) is 25.3 Å². The highest BCUT2D eigenvalue weighted by Crippen LogP contribution is 2.33. The number of esters is 1. The van der Waals surface area contributed by atoms with E-state index in [-0.39, 0.29) is 11.1 Å². The van der Waals surface area contributed by atoms with Gasteiger partial charge in [-0.2, -0.15) is 13.2 Å². The molecule has 4 nitrogen and oxygen atoms in total. The van der Waals surface area contributed by atoms with Crippen molar-refractivity contribution >= 4 is 5.97 Å². The second-order valence-corrected chi connectivity index (χ2v) is 3.98. The molecule has 0 amide bonds. The van der Waals surface area contributed by atoms with Crippen LogP contribution >= 0.6 is 0 Å². The fourth-order valence-corrected chi connectivity index (χ4v) is 1.62. The van der Waals surface area contributed by atoms with E-state index in [1.807, 2.05) is 0 Å². The van der Waals surface area contributed by atoms with Crippen molar-refractivity contribution in [3.63, 3.8) is 0 Å². The normalized spacial score (nSPS) is 14.9. The molecule has 0 spiro atoms. The second-order valence-electron chi connectivity index (χ2n) is 3.98. The zero-order chi connectivity index (χ0) is 14.8. The van der Waals surface area contributed by atoms with E-state index in [1.54, 1.807) is 0 Å². The lowest BCUT2D eigenvalue weighted by Gasteiger charge is -2.18. The molecular weight excluding hydrogens is 265 g/mol. The van der Waals surface area contributed by atoms with Gasteiger partial charge in [0.25, 0.3) is 0 Å². The first-order valence-electron chi connectivity index (χ1n) is 5.30. The number of halogens is 3. The Morgan fingerprint density at radius 3 is 2.32 bits per heavy atom. The minimum absolute atomic E-state index is 0.00315. The van der Waals surface area contributed by atoms with Crippen molar-refractivity contribution in [2.24, 2.45) is 0 Å². The zero-order valence-electron chi connectivity index (χ0n) is 10.2. The molecule has 2 N–H and O–H groups in total. The van der Waals surface area contributed by atoms with Crippen LogP contribution in [0.5, 0.6) is 0 Å². The number of hydrogen-bond acceptors (Lipinski definition) is 4. The molecule has 0 saturated carbocycles.